The molecule has 0 amide bonds. The molecular weight excluding hydrogens is 400 g/mol. The molecule has 0 unspecified atom stereocenters. The first-order chi connectivity index (χ1) is 15.6. The van der Waals surface area contributed by atoms with E-state index in [9.17, 15) is 9.59 Å². The highest BCUT2D eigenvalue weighted by Gasteiger charge is 2.22. The molecule has 0 atom stereocenters. The molecule has 0 bridgehead atoms. The van der Waals surface area contributed by atoms with E-state index in [1.165, 1.54) is 51.4 Å². The summed E-state index contributed by atoms with van der Waals surface area (Å²) in [7, 11) is 0. The topological polar surface area (TPSA) is 52.6 Å². The van der Waals surface area contributed by atoms with Gasteiger partial charge >= 0.3 is 11.9 Å². The molecule has 0 aliphatic carbocycles. The van der Waals surface area contributed by atoms with Crippen LogP contribution in [0.15, 0.2) is 11.1 Å². The number of rotatable bonds is 22. The lowest BCUT2D eigenvalue weighted by Crippen LogP contribution is -2.18. The van der Waals surface area contributed by atoms with Gasteiger partial charge in [-0.15, -0.1) is 0 Å². The van der Waals surface area contributed by atoms with Crippen LogP contribution in [0.3, 0.4) is 0 Å². The van der Waals surface area contributed by atoms with Crippen molar-refractivity contribution in [3.8, 4) is 0 Å². The van der Waals surface area contributed by atoms with E-state index in [4.69, 9.17) is 9.47 Å². The van der Waals surface area contributed by atoms with E-state index in [1.807, 2.05) is 6.92 Å². The molecule has 0 saturated heterocycles. The molecule has 0 N–H and O–H groups in total. The van der Waals surface area contributed by atoms with Crippen LogP contribution in [0.4, 0.5) is 0 Å². The molecule has 4 nitrogen and oxygen atoms in total. The highest BCUT2D eigenvalue weighted by atomic mass is 16.5. The molecule has 0 aromatic rings. The van der Waals surface area contributed by atoms with Crippen LogP contribution in [-0.4, -0.2) is 25.2 Å². The molecular formula is C28H52O4. The first-order valence-electron chi connectivity index (χ1n) is 13.7. The van der Waals surface area contributed by atoms with E-state index < -0.39 is 0 Å². The van der Waals surface area contributed by atoms with Crippen molar-refractivity contribution < 1.29 is 19.1 Å². The van der Waals surface area contributed by atoms with Crippen LogP contribution in [0.2, 0.25) is 0 Å². The second kappa shape index (κ2) is 22.9. The molecule has 4 heteroatoms. The minimum atomic E-state index is -0.316. The molecule has 0 heterocycles. The lowest BCUT2D eigenvalue weighted by Gasteiger charge is -2.15. The summed E-state index contributed by atoms with van der Waals surface area (Å²) in [6.07, 6.45) is 18.8. The fraction of sp³-hybridized carbons (Fsp3) is 0.857. The van der Waals surface area contributed by atoms with Crippen molar-refractivity contribution in [1.29, 1.82) is 0 Å². The van der Waals surface area contributed by atoms with Crippen LogP contribution < -0.4 is 0 Å². The molecule has 188 valence electrons. The van der Waals surface area contributed by atoms with Crippen molar-refractivity contribution >= 4 is 11.9 Å². The average molecular weight is 453 g/mol. The lowest BCUT2D eigenvalue weighted by atomic mass is 9.98. The van der Waals surface area contributed by atoms with Gasteiger partial charge in [0.2, 0.25) is 0 Å². The Labute approximate surface area is 198 Å². The number of carbonyl (C=O) groups is 2. The number of hydrogen-bond donors (Lipinski definition) is 0. The molecule has 0 rings (SSSR count). The Hall–Kier alpha value is -1.32. The predicted octanol–water partition coefficient (Wildman–Crippen LogP) is 8.47. The van der Waals surface area contributed by atoms with Gasteiger partial charge in [-0.25, -0.2) is 9.59 Å². The SMILES string of the molecule is CCCCCCCCOC(=O)C(CCC)=C(CCCCC)C(=O)OCCCCCCCC. The Morgan fingerprint density at radius 3 is 1.25 bits per heavy atom. The maximum Gasteiger partial charge on any atom is 0.334 e. The van der Waals surface area contributed by atoms with Gasteiger partial charge in [-0.1, -0.05) is 111 Å². The number of carbonyl (C=O) groups excluding carboxylic acids is 2. The standard InChI is InChI=1S/C28H52O4/c1-5-9-12-14-16-19-23-31-27(29)25(21-8-4)26(22-18-11-7-3)28(30)32-24-20-17-15-13-10-6-2/h5-24H2,1-4H3. The summed E-state index contributed by atoms with van der Waals surface area (Å²) in [6, 6.07) is 0. The molecule has 32 heavy (non-hydrogen) atoms. The molecule has 0 aliphatic rings. The molecule has 0 aromatic heterocycles. The summed E-state index contributed by atoms with van der Waals surface area (Å²) < 4.78 is 11.2. The zero-order chi connectivity index (χ0) is 23.9. The Kier molecular flexibility index (Phi) is 21.9. The predicted molar refractivity (Wildman–Crippen MR) is 135 cm³/mol. The Balaban J connectivity index is 4.83. The zero-order valence-corrected chi connectivity index (χ0v) is 21.8. The quantitative estimate of drug-likeness (QED) is 0.0938. The second-order valence-electron chi connectivity index (χ2n) is 8.97. The molecule has 0 fully saturated rings. The van der Waals surface area contributed by atoms with Crippen LogP contribution >= 0.6 is 0 Å². The Morgan fingerprint density at radius 1 is 0.438 bits per heavy atom. The molecule has 0 spiro atoms. The fourth-order valence-corrected chi connectivity index (χ4v) is 3.82. The van der Waals surface area contributed by atoms with E-state index in [-0.39, 0.29) is 11.9 Å². The maximum atomic E-state index is 12.9. The van der Waals surface area contributed by atoms with E-state index in [0.29, 0.717) is 37.2 Å². The first-order valence-corrected chi connectivity index (χ1v) is 13.7. The van der Waals surface area contributed by atoms with Crippen LogP contribution in [0.1, 0.15) is 143 Å². The third-order valence-corrected chi connectivity index (χ3v) is 5.85. The summed E-state index contributed by atoms with van der Waals surface area (Å²) in [5, 5.41) is 0. The minimum absolute atomic E-state index is 0.311. The number of ether oxygens (including phenoxy) is 2. The fourth-order valence-electron chi connectivity index (χ4n) is 3.82. The number of hydrogen-bond acceptors (Lipinski definition) is 4. The van der Waals surface area contributed by atoms with Crippen molar-refractivity contribution in [2.45, 2.75) is 143 Å². The minimum Gasteiger partial charge on any atom is -0.462 e. The normalized spacial score (nSPS) is 11.9. The monoisotopic (exact) mass is 452 g/mol. The van der Waals surface area contributed by atoms with Gasteiger partial charge in [0.1, 0.15) is 0 Å². The van der Waals surface area contributed by atoms with Gasteiger partial charge in [0.15, 0.2) is 0 Å². The van der Waals surface area contributed by atoms with Crippen molar-refractivity contribution in [1.82, 2.24) is 0 Å². The maximum absolute atomic E-state index is 12.9. The molecule has 0 radical (unpaired) electrons. The third-order valence-electron chi connectivity index (χ3n) is 5.85. The van der Waals surface area contributed by atoms with Crippen molar-refractivity contribution in [3.63, 3.8) is 0 Å². The smallest absolute Gasteiger partial charge is 0.334 e. The van der Waals surface area contributed by atoms with Gasteiger partial charge in [-0.3, -0.25) is 0 Å². The summed E-state index contributed by atoms with van der Waals surface area (Å²) in [5.41, 5.74) is 1.10. The second-order valence-corrected chi connectivity index (χ2v) is 8.97. The van der Waals surface area contributed by atoms with E-state index in [0.717, 1.165) is 51.4 Å². The van der Waals surface area contributed by atoms with Gasteiger partial charge in [0.05, 0.1) is 13.2 Å². The van der Waals surface area contributed by atoms with E-state index in [1.54, 1.807) is 0 Å². The molecule has 0 saturated carbocycles. The lowest BCUT2D eigenvalue weighted by molar-refractivity contribution is -0.142. The van der Waals surface area contributed by atoms with Gasteiger partial charge in [0, 0.05) is 11.1 Å². The van der Waals surface area contributed by atoms with E-state index >= 15 is 0 Å². The van der Waals surface area contributed by atoms with Crippen LogP contribution in [-0.2, 0) is 19.1 Å². The highest BCUT2D eigenvalue weighted by Crippen LogP contribution is 2.21. The van der Waals surface area contributed by atoms with Crippen molar-refractivity contribution in [3.05, 3.63) is 11.1 Å². The summed E-state index contributed by atoms with van der Waals surface area (Å²) >= 11 is 0. The first kappa shape index (κ1) is 30.7. The van der Waals surface area contributed by atoms with Crippen LogP contribution in [0.25, 0.3) is 0 Å². The van der Waals surface area contributed by atoms with Crippen molar-refractivity contribution in [2.75, 3.05) is 13.2 Å². The van der Waals surface area contributed by atoms with Crippen LogP contribution in [0.5, 0.6) is 0 Å². The van der Waals surface area contributed by atoms with Gasteiger partial charge in [-0.2, -0.15) is 0 Å². The molecule has 0 aliphatic heterocycles. The number of unbranched alkanes of at least 4 members (excludes halogenated alkanes) is 12. The molecule has 0 aromatic carbocycles. The van der Waals surface area contributed by atoms with E-state index in [2.05, 4.69) is 20.8 Å². The van der Waals surface area contributed by atoms with Crippen LogP contribution in [0, 0.1) is 0 Å². The third kappa shape index (κ3) is 16.3. The van der Waals surface area contributed by atoms with Crippen molar-refractivity contribution in [2.24, 2.45) is 0 Å². The average Bonchev–Trinajstić information content (AvgIpc) is 2.79. The van der Waals surface area contributed by atoms with Gasteiger partial charge in [-0.05, 0) is 32.1 Å². The summed E-state index contributed by atoms with van der Waals surface area (Å²) in [4.78, 5) is 25.7. The van der Waals surface area contributed by atoms with Gasteiger partial charge in [0.25, 0.3) is 0 Å². The zero-order valence-electron chi connectivity index (χ0n) is 21.8. The summed E-state index contributed by atoms with van der Waals surface area (Å²) in [5.74, 6) is -0.627. The highest BCUT2D eigenvalue weighted by molar-refractivity contribution is 6.00. The Morgan fingerprint density at radius 2 is 0.812 bits per heavy atom. The summed E-state index contributed by atoms with van der Waals surface area (Å²) in [6.45, 7) is 9.47. The Bertz CT molecular complexity index is 496. The largest absolute Gasteiger partial charge is 0.462 e. The number of esters is 2. The van der Waals surface area contributed by atoms with Gasteiger partial charge < -0.3 is 9.47 Å².